The molecular formula is C20H24N2O2. The standard InChI is InChI=1S/C20H24N2O2/c1-13(2)24-19-9-6-16(12-18(19)21)7-10-20(23)22-17-8-5-14(3)15(4)11-17/h5-13H,21H2,1-4H3,(H,22,23)/b10-7-. The zero-order valence-corrected chi connectivity index (χ0v) is 14.6. The molecule has 0 unspecified atom stereocenters. The summed E-state index contributed by atoms with van der Waals surface area (Å²) in [6.45, 7) is 7.96. The smallest absolute Gasteiger partial charge is 0.248 e. The van der Waals surface area contributed by atoms with Crippen molar-refractivity contribution in [2.45, 2.75) is 33.8 Å². The molecule has 0 spiro atoms. The van der Waals surface area contributed by atoms with Gasteiger partial charge >= 0.3 is 0 Å². The summed E-state index contributed by atoms with van der Waals surface area (Å²) in [5.41, 5.74) is 10.5. The zero-order valence-electron chi connectivity index (χ0n) is 14.6. The Hall–Kier alpha value is -2.75. The molecule has 0 radical (unpaired) electrons. The van der Waals surface area contributed by atoms with Gasteiger partial charge in [0.2, 0.25) is 5.91 Å². The van der Waals surface area contributed by atoms with Gasteiger partial charge < -0.3 is 15.8 Å². The fourth-order valence-electron chi connectivity index (χ4n) is 2.21. The summed E-state index contributed by atoms with van der Waals surface area (Å²) in [5, 5.41) is 2.85. The summed E-state index contributed by atoms with van der Waals surface area (Å²) in [7, 11) is 0. The van der Waals surface area contributed by atoms with E-state index in [1.54, 1.807) is 12.1 Å². The number of ether oxygens (including phenoxy) is 1. The lowest BCUT2D eigenvalue weighted by Gasteiger charge is -2.12. The largest absolute Gasteiger partial charge is 0.489 e. The summed E-state index contributed by atoms with van der Waals surface area (Å²) in [6.07, 6.45) is 3.29. The van der Waals surface area contributed by atoms with Crippen LogP contribution in [0, 0.1) is 13.8 Å². The highest BCUT2D eigenvalue weighted by molar-refractivity contribution is 6.02. The van der Waals surface area contributed by atoms with Gasteiger partial charge in [-0.1, -0.05) is 12.1 Å². The number of hydrogen-bond donors (Lipinski definition) is 2. The molecule has 2 aromatic carbocycles. The van der Waals surface area contributed by atoms with Gasteiger partial charge in [-0.2, -0.15) is 0 Å². The first kappa shape index (κ1) is 17.6. The van der Waals surface area contributed by atoms with Gasteiger partial charge in [-0.25, -0.2) is 0 Å². The highest BCUT2D eigenvalue weighted by Crippen LogP contribution is 2.24. The van der Waals surface area contributed by atoms with Crippen molar-refractivity contribution in [3.05, 3.63) is 59.2 Å². The molecule has 0 fully saturated rings. The molecule has 4 nitrogen and oxygen atoms in total. The van der Waals surface area contributed by atoms with E-state index in [4.69, 9.17) is 10.5 Å². The summed E-state index contributed by atoms with van der Waals surface area (Å²) in [5.74, 6) is 0.473. The molecule has 3 N–H and O–H groups in total. The number of amides is 1. The molecule has 0 saturated heterocycles. The second-order valence-electron chi connectivity index (χ2n) is 6.09. The van der Waals surface area contributed by atoms with Crippen LogP contribution in [0.4, 0.5) is 11.4 Å². The highest BCUT2D eigenvalue weighted by atomic mass is 16.5. The maximum Gasteiger partial charge on any atom is 0.248 e. The fraction of sp³-hybridized carbons (Fsp3) is 0.250. The zero-order chi connectivity index (χ0) is 17.7. The van der Waals surface area contributed by atoms with Crippen molar-refractivity contribution in [1.82, 2.24) is 0 Å². The minimum absolute atomic E-state index is 0.0671. The molecule has 24 heavy (non-hydrogen) atoms. The van der Waals surface area contributed by atoms with E-state index in [1.165, 1.54) is 11.6 Å². The van der Waals surface area contributed by atoms with Crippen LogP contribution in [-0.4, -0.2) is 12.0 Å². The van der Waals surface area contributed by atoms with Crippen LogP contribution in [0.2, 0.25) is 0 Å². The molecule has 0 bridgehead atoms. The van der Waals surface area contributed by atoms with Crippen LogP contribution in [0.25, 0.3) is 6.08 Å². The number of rotatable bonds is 5. The number of hydrogen-bond acceptors (Lipinski definition) is 3. The Labute approximate surface area is 143 Å². The Balaban J connectivity index is 2.03. The normalized spacial score (nSPS) is 11.0. The van der Waals surface area contributed by atoms with Crippen LogP contribution in [0.5, 0.6) is 5.75 Å². The van der Waals surface area contributed by atoms with Crippen LogP contribution in [0.15, 0.2) is 42.5 Å². The molecule has 0 aliphatic carbocycles. The molecule has 0 aromatic heterocycles. The van der Waals surface area contributed by atoms with E-state index in [0.717, 1.165) is 16.8 Å². The van der Waals surface area contributed by atoms with E-state index < -0.39 is 0 Å². The maximum absolute atomic E-state index is 12.0. The molecule has 126 valence electrons. The van der Waals surface area contributed by atoms with Crippen molar-refractivity contribution in [1.29, 1.82) is 0 Å². The number of nitrogens with one attached hydrogen (secondary N) is 1. The van der Waals surface area contributed by atoms with Crippen LogP contribution >= 0.6 is 0 Å². The Morgan fingerprint density at radius 3 is 2.50 bits per heavy atom. The minimum atomic E-state index is -0.181. The average Bonchev–Trinajstić information content (AvgIpc) is 2.51. The number of nitrogens with two attached hydrogens (primary N) is 1. The van der Waals surface area contributed by atoms with Gasteiger partial charge in [0.25, 0.3) is 0 Å². The molecule has 0 aliphatic heterocycles. The Bertz CT molecular complexity index is 764. The van der Waals surface area contributed by atoms with E-state index in [1.807, 2.05) is 58.0 Å². The third-order valence-electron chi connectivity index (χ3n) is 3.60. The van der Waals surface area contributed by atoms with Crippen molar-refractivity contribution in [2.24, 2.45) is 0 Å². The number of carbonyl (C=O) groups is 1. The molecule has 0 atom stereocenters. The van der Waals surface area contributed by atoms with Crippen molar-refractivity contribution in [3.8, 4) is 5.75 Å². The Kier molecular flexibility index (Phi) is 5.64. The first-order chi connectivity index (χ1) is 11.3. The molecule has 0 heterocycles. The van der Waals surface area contributed by atoms with Gasteiger partial charge in [0, 0.05) is 11.8 Å². The van der Waals surface area contributed by atoms with Gasteiger partial charge in [-0.15, -0.1) is 0 Å². The van der Waals surface area contributed by atoms with Crippen LogP contribution in [0.3, 0.4) is 0 Å². The second-order valence-corrected chi connectivity index (χ2v) is 6.09. The topological polar surface area (TPSA) is 64.3 Å². The second kappa shape index (κ2) is 7.68. The third kappa shape index (κ3) is 4.88. The van der Waals surface area contributed by atoms with Crippen LogP contribution < -0.4 is 15.8 Å². The number of aryl methyl sites for hydroxylation is 2. The number of anilines is 2. The first-order valence-electron chi connectivity index (χ1n) is 7.97. The predicted octanol–water partition coefficient (Wildman–Crippen LogP) is 4.32. The molecule has 0 saturated carbocycles. The summed E-state index contributed by atoms with van der Waals surface area (Å²) >= 11 is 0. The van der Waals surface area contributed by atoms with Gasteiger partial charge in [0.05, 0.1) is 11.8 Å². The van der Waals surface area contributed by atoms with Crippen LogP contribution in [0.1, 0.15) is 30.5 Å². The predicted molar refractivity (Wildman–Crippen MR) is 100 cm³/mol. The lowest BCUT2D eigenvalue weighted by molar-refractivity contribution is -0.111. The van der Waals surface area contributed by atoms with Gasteiger partial charge in [-0.05, 0) is 74.7 Å². The van der Waals surface area contributed by atoms with Crippen molar-refractivity contribution < 1.29 is 9.53 Å². The third-order valence-corrected chi connectivity index (χ3v) is 3.60. The van der Waals surface area contributed by atoms with Gasteiger partial charge in [0.15, 0.2) is 0 Å². The Morgan fingerprint density at radius 1 is 1.12 bits per heavy atom. The maximum atomic E-state index is 12.0. The number of carbonyl (C=O) groups excluding carboxylic acids is 1. The molecule has 2 aromatic rings. The Morgan fingerprint density at radius 2 is 1.88 bits per heavy atom. The summed E-state index contributed by atoms with van der Waals surface area (Å²) in [6, 6.07) is 11.3. The van der Waals surface area contributed by atoms with E-state index >= 15 is 0 Å². The van der Waals surface area contributed by atoms with E-state index in [-0.39, 0.29) is 12.0 Å². The average molecular weight is 324 g/mol. The monoisotopic (exact) mass is 324 g/mol. The van der Waals surface area contributed by atoms with Crippen molar-refractivity contribution >= 4 is 23.4 Å². The lowest BCUT2D eigenvalue weighted by atomic mass is 10.1. The van der Waals surface area contributed by atoms with Crippen LogP contribution in [-0.2, 0) is 4.79 Å². The van der Waals surface area contributed by atoms with E-state index in [9.17, 15) is 4.79 Å². The fourth-order valence-corrected chi connectivity index (χ4v) is 2.21. The molecule has 1 amide bonds. The van der Waals surface area contributed by atoms with Crippen molar-refractivity contribution in [3.63, 3.8) is 0 Å². The van der Waals surface area contributed by atoms with Gasteiger partial charge in [0.1, 0.15) is 5.75 Å². The molecule has 0 aliphatic rings. The lowest BCUT2D eigenvalue weighted by Crippen LogP contribution is -2.08. The summed E-state index contributed by atoms with van der Waals surface area (Å²) < 4.78 is 5.60. The van der Waals surface area contributed by atoms with Gasteiger partial charge in [-0.3, -0.25) is 4.79 Å². The molecular weight excluding hydrogens is 300 g/mol. The number of nitrogen functional groups attached to an aromatic ring is 1. The summed E-state index contributed by atoms with van der Waals surface area (Å²) in [4.78, 5) is 12.0. The molecule has 4 heteroatoms. The minimum Gasteiger partial charge on any atom is -0.489 e. The quantitative estimate of drug-likeness (QED) is 0.636. The van der Waals surface area contributed by atoms with Crippen molar-refractivity contribution in [2.75, 3.05) is 11.1 Å². The SMILES string of the molecule is Cc1ccc(NC(=O)/C=C\c2ccc(OC(C)C)c(N)c2)cc1C. The van der Waals surface area contributed by atoms with E-state index in [0.29, 0.717) is 11.4 Å². The van der Waals surface area contributed by atoms with E-state index in [2.05, 4.69) is 5.32 Å². The highest BCUT2D eigenvalue weighted by Gasteiger charge is 2.04. The molecule has 2 rings (SSSR count). The number of benzene rings is 2. The first-order valence-corrected chi connectivity index (χ1v) is 7.97.